The third-order valence-electron chi connectivity index (χ3n) is 3.11. The molecule has 2 unspecified atom stereocenters. The van der Waals surface area contributed by atoms with Crippen molar-refractivity contribution in [3.8, 4) is 0 Å². The van der Waals surface area contributed by atoms with Gasteiger partial charge in [0.25, 0.3) is 0 Å². The summed E-state index contributed by atoms with van der Waals surface area (Å²) in [4.78, 5) is 0. The molecule has 2 atom stereocenters. The number of allylic oxidation sites excluding steroid dienone is 1. The van der Waals surface area contributed by atoms with Crippen LogP contribution in [0, 0.1) is 0 Å². The van der Waals surface area contributed by atoms with Gasteiger partial charge >= 0.3 is 0 Å². The Morgan fingerprint density at radius 1 is 1.56 bits per heavy atom. The second-order valence-corrected chi connectivity index (χ2v) is 4.76. The quantitative estimate of drug-likeness (QED) is 0.749. The summed E-state index contributed by atoms with van der Waals surface area (Å²) in [5.74, 6) is 0.728. The SMILES string of the molecule is CC(O)(CC1COCCN1)C1=CCCCO1. The van der Waals surface area contributed by atoms with Crippen LogP contribution in [0.4, 0.5) is 0 Å². The average molecular weight is 227 g/mol. The molecule has 0 aromatic carbocycles. The maximum absolute atomic E-state index is 10.4. The number of hydrogen-bond acceptors (Lipinski definition) is 4. The van der Waals surface area contributed by atoms with Gasteiger partial charge in [-0.25, -0.2) is 0 Å². The van der Waals surface area contributed by atoms with Gasteiger partial charge in [-0.15, -0.1) is 0 Å². The molecule has 2 heterocycles. The maximum Gasteiger partial charge on any atom is 0.123 e. The van der Waals surface area contributed by atoms with Gasteiger partial charge in [0.2, 0.25) is 0 Å². The van der Waals surface area contributed by atoms with Gasteiger partial charge in [-0.2, -0.15) is 0 Å². The summed E-state index contributed by atoms with van der Waals surface area (Å²) in [6, 6.07) is 0.218. The Balaban J connectivity index is 1.92. The summed E-state index contributed by atoms with van der Waals surface area (Å²) < 4.78 is 10.9. The summed E-state index contributed by atoms with van der Waals surface area (Å²) in [5.41, 5.74) is -0.876. The van der Waals surface area contributed by atoms with E-state index in [9.17, 15) is 5.11 Å². The molecule has 2 rings (SSSR count). The first kappa shape index (κ1) is 11.9. The second kappa shape index (κ2) is 5.17. The average Bonchev–Trinajstić information content (AvgIpc) is 2.31. The standard InChI is InChI=1S/C12H21NO3/c1-12(14,11-4-2-3-6-16-11)8-10-9-15-7-5-13-10/h4,10,13-14H,2-3,5-9H2,1H3. The first-order chi connectivity index (χ1) is 7.68. The van der Waals surface area contributed by atoms with Crippen LogP contribution in [-0.2, 0) is 9.47 Å². The van der Waals surface area contributed by atoms with Gasteiger partial charge < -0.3 is 19.9 Å². The number of ether oxygens (including phenoxy) is 2. The lowest BCUT2D eigenvalue weighted by Crippen LogP contribution is -2.46. The topological polar surface area (TPSA) is 50.7 Å². The lowest BCUT2D eigenvalue weighted by molar-refractivity contribution is -0.0138. The first-order valence-corrected chi connectivity index (χ1v) is 6.05. The van der Waals surface area contributed by atoms with Gasteiger partial charge in [0, 0.05) is 19.0 Å². The fraction of sp³-hybridized carbons (Fsp3) is 0.833. The largest absolute Gasteiger partial charge is 0.495 e. The van der Waals surface area contributed by atoms with Crippen LogP contribution in [0.3, 0.4) is 0 Å². The van der Waals surface area contributed by atoms with Crippen LogP contribution in [0.2, 0.25) is 0 Å². The number of nitrogens with one attached hydrogen (secondary N) is 1. The highest BCUT2D eigenvalue weighted by Crippen LogP contribution is 2.27. The Labute approximate surface area is 96.6 Å². The summed E-state index contributed by atoms with van der Waals surface area (Å²) in [6.45, 7) is 4.83. The van der Waals surface area contributed by atoms with Crippen molar-refractivity contribution in [3.63, 3.8) is 0 Å². The van der Waals surface area contributed by atoms with E-state index < -0.39 is 5.60 Å². The van der Waals surface area contributed by atoms with E-state index in [4.69, 9.17) is 9.47 Å². The first-order valence-electron chi connectivity index (χ1n) is 6.05. The van der Waals surface area contributed by atoms with Gasteiger partial charge in [-0.1, -0.05) is 0 Å². The van der Waals surface area contributed by atoms with Crippen LogP contribution in [0.25, 0.3) is 0 Å². The second-order valence-electron chi connectivity index (χ2n) is 4.76. The molecule has 4 heteroatoms. The van der Waals surface area contributed by atoms with E-state index >= 15 is 0 Å². The number of morpholine rings is 1. The molecule has 2 N–H and O–H groups in total. The molecule has 16 heavy (non-hydrogen) atoms. The minimum Gasteiger partial charge on any atom is -0.495 e. The molecule has 2 aliphatic rings. The predicted molar refractivity (Wildman–Crippen MR) is 61.1 cm³/mol. The van der Waals surface area contributed by atoms with Crippen molar-refractivity contribution in [1.29, 1.82) is 0 Å². The van der Waals surface area contributed by atoms with Crippen LogP contribution < -0.4 is 5.32 Å². The Hall–Kier alpha value is -0.580. The lowest BCUT2D eigenvalue weighted by Gasteiger charge is -2.34. The Bertz CT molecular complexity index is 257. The molecule has 1 saturated heterocycles. The third-order valence-corrected chi connectivity index (χ3v) is 3.11. The Morgan fingerprint density at radius 3 is 3.06 bits per heavy atom. The molecule has 0 amide bonds. The van der Waals surface area contributed by atoms with Crippen LogP contribution in [0.1, 0.15) is 26.2 Å². The van der Waals surface area contributed by atoms with E-state index in [0.29, 0.717) is 13.0 Å². The molecular weight excluding hydrogens is 206 g/mol. The monoisotopic (exact) mass is 227 g/mol. The van der Waals surface area contributed by atoms with Crippen molar-refractivity contribution in [2.24, 2.45) is 0 Å². The normalized spacial score (nSPS) is 30.1. The van der Waals surface area contributed by atoms with E-state index in [1.807, 2.05) is 13.0 Å². The molecule has 0 aromatic heterocycles. The van der Waals surface area contributed by atoms with Crippen LogP contribution in [0.5, 0.6) is 0 Å². The van der Waals surface area contributed by atoms with E-state index in [0.717, 1.165) is 38.4 Å². The smallest absolute Gasteiger partial charge is 0.123 e. The highest BCUT2D eigenvalue weighted by atomic mass is 16.5. The molecule has 0 radical (unpaired) electrons. The Kier molecular flexibility index (Phi) is 3.84. The van der Waals surface area contributed by atoms with Gasteiger partial charge in [0.1, 0.15) is 11.4 Å². The van der Waals surface area contributed by atoms with E-state index in [2.05, 4.69) is 5.32 Å². The van der Waals surface area contributed by atoms with Crippen LogP contribution >= 0.6 is 0 Å². The number of aliphatic hydroxyl groups is 1. The molecule has 0 saturated carbocycles. The Morgan fingerprint density at radius 2 is 2.44 bits per heavy atom. The number of rotatable bonds is 3. The van der Waals surface area contributed by atoms with Gasteiger partial charge in [-0.05, 0) is 25.8 Å². The van der Waals surface area contributed by atoms with Gasteiger partial charge in [0.05, 0.1) is 19.8 Å². The van der Waals surface area contributed by atoms with Crippen molar-refractivity contribution in [3.05, 3.63) is 11.8 Å². The summed E-state index contributed by atoms with van der Waals surface area (Å²) in [7, 11) is 0. The molecule has 0 aromatic rings. The molecule has 0 bridgehead atoms. The summed E-state index contributed by atoms with van der Waals surface area (Å²) in [6.07, 6.45) is 4.69. The highest BCUT2D eigenvalue weighted by molar-refractivity contribution is 5.11. The molecule has 1 fully saturated rings. The molecule has 0 aliphatic carbocycles. The van der Waals surface area contributed by atoms with Crippen LogP contribution in [-0.4, -0.2) is 43.1 Å². The fourth-order valence-corrected chi connectivity index (χ4v) is 2.26. The highest BCUT2D eigenvalue weighted by Gasteiger charge is 2.32. The zero-order valence-electron chi connectivity index (χ0n) is 9.87. The molecule has 2 aliphatic heterocycles. The van der Waals surface area contributed by atoms with Crippen molar-refractivity contribution in [2.75, 3.05) is 26.4 Å². The molecule has 4 nitrogen and oxygen atoms in total. The third kappa shape index (κ3) is 2.97. The van der Waals surface area contributed by atoms with Crippen molar-refractivity contribution in [1.82, 2.24) is 5.32 Å². The molecular formula is C12H21NO3. The molecule has 0 spiro atoms. The lowest BCUT2D eigenvalue weighted by atomic mass is 9.93. The van der Waals surface area contributed by atoms with Crippen molar-refractivity contribution >= 4 is 0 Å². The summed E-state index contributed by atoms with van der Waals surface area (Å²) in [5, 5.41) is 13.7. The molecule has 92 valence electrons. The minimum atomic E-state index is -0.876. The van der Waals surface area contributed by atoms with E-state index in [1.54, 1.807) is 0 Å². The zero-order valence-corrected chi connectivity index (χ0v) is 9.87. The van der Waals surface area contributed by atoms with Gasteiger partial charge in [0.15, 0.2) is 0 Å². The van der Waals surface area contributed by atoms with E-state index in [-0.39, 0.29) is 6.04 Å². The minimum absolute atomic E-state index is 0.218. The zero-order chi connectivity index (χ0) is 11.4. The van der Waals surface area contributed by atoms with Crippen molar-refractivity contribution < 1.29 is 14.6 Å². The summed E-state index contributed by atoms with van der Waals surface area (Å²) >= 11 is 0. The van der Waals surface area contributed by atoms with Crippen molar-refractivity contribution in [2.45, 2.75) is 37.8 Å². The van der Waals surface area contributed by atoms with Gasteiger partial charge in [-0.3, -0.25) is 0 Å². The van der Waals surface area contributed by atoms with E-state index in [1.165, 1.54) is 0 Å². The van der Waals surface area contributed by atoms with Crippen LogP contribution in [0.15, 0.2) is 11.8 Å². The maximum atomic E-state index is 10.4. The fourth-order valence-electron chi connectivity index (χ4n) is 2.26. The number of hydrogen-bond donors (Lipinski definition) is 2. The predicted octanol–water partition coefficient (Wildman–Crippen LogP) is 0.810.